The number of benzene rings is 1. The van der Waals surface area contributed by atoms with E-state index in [0.29, 0.717) is 11.1 Å². The van der Waals surface area contributed by atoms with Crippen LogP contribution >= 0.6 is 15.9 Å². The Bertz CT molecular complexity index is 370. The van der Waals surface area contributed by atoms with Gasteiger partial charge in [-0.25, -0.2) is 0 Å². The van der Waals surface area contributed by atoms with Crippen LogP contribution in [-0.2, 0) is 0 Å². The largest absolute Gasteiger partial charge is 0.298 e. The van der Waals surface area contributed by atoms with Gasteiger partial charge in [0.05, 0.1) is 4.83 Å². The number of aryl methyl sites for hydroxylation is 1. The highest BCUT2D eigenvalue weighted by Crippen LogP contribution is 2.15. The molecule has 0 amide bonds. The molecule has 0 fully saturated rings. The summed E-state index contributed by atoms with van der Waals surface area (Å²) in [5, 5.41) is 0. The summed E-state index contributed by atoms with van der Waals surface area (Å²) in [4.78, 5) is 22.1. The highest BCUT2D eigenvalue weighted by atomic mass is 79.9. The minimum Gasteiger partial charge on any atom is -0.298 e. The lowest BCUT2D eigenvalue weighted by molar-refractivity contribution is 0.0989. The van der Waals surface area contributed by atoms with Crippen molar-refractivity contribution in [3.8, 4) is 0 Å². The fraction of sp³-hybridized carbons (Fsp3) is 0.273. The average molecular weight is 255 g/mol. The normalized spacial score (nSPS) is 12.2. The van der Waals surface area contributed by atoms with Gasteiger partial charge in [-0.05, 0) is 19.9 Å². The minimum absolute atomic E-state index is 0.0629. The van der Waals surface area contributed by atoms with Crippen LogP contribution in [0.3, 0.4) is 0 Å². The number of rotatable bonds is 3. The molecule has 1 unspecified atom stereocenters. The molecule has 0 aliphatic rings. The van der Waals surface area contributed by atoms with E-state index in [1.165, 1.54) is 0 Å². The van der Waals surface area contributed by atoms with E-state index in [1.54, 1.807) is 19.1 Å². The maximum absolute atomic E-state index is 11.6. The lowest BCUT2D eigenvalue weighted by Gasteiger charge is -2.06. The van der Waals surface area contributed by atoms with Crippen molar-refractivity contribution in [2.75, 3.05) is 0 Å². The third-order valence-electron chi connectivity index (χ3n) is 1.96. The highest BCUT2D eigenvalue weighted by Gasteiger charge is 2.15. The Kier molecular flexibility index (Phi) is 3.58. The van der Waals surface area contributed by atoms with Crippen molar-refractivity contribution in [2.24, 2.45) is 0 Å². The van der Waals surface area contributed by atoms with Crippen molar-refractivity contribution in [1.29, 1.82) is 0 Å². The summed E-state index contributed by atoms with van der Waals surface area (Å²) in [6.45, 7) is 3.63. The Balaban J connectivity index is 3.20. The van der Waals surface area contributed by atoms with E-state index >= 15 is 0 Å². The zero-order valence-electron chi connectivity index (χ0n) is 8.08. The molecule has 0 saturated heterocycles. The summed E-state index contributed by atoms with van der Waals surface area (Å²) in [5.41, 5.74) is 1.92. The molecule has 1 atom stereocenters. The Morgan fingerprint density at radius 3 is 2.64 bits per heavy atom. The number of carbonyl (C=O) groups is 2. The maximum atomic E-state index is 11.6. The van der Waals surface area contributed by atoms with Crippen molar-refractivity contribution < 1.29 is 9.59 Å². The fourth-order valence-corrected chi connectivity index (χ4v) is 1.46. The summed E-state index contributed by atoms with van der Waals surface area (Å²) >= 11 is 3.19. The number of hydrogen-bond donors (Lipinski definition) is 0. The lowest BCUT2D eigenvalue weighted by atomic mass is 10.0. The molecule has 0 heterocycles. The molecular weight excluding hydrogens is 244 g/mol. The standard InChI is InChI=1S/C11H11BrO2/c1-7-3-4-10(9(5-7)6-13)11(14)8(2)12/h3-6,8H,1-2H3. The Morgan fingerprint density at radius 1 is 1.50 bits per heavy atom. The van der Waals surface area contributed by atoms with Gasteiger partial charge in [-0.2, -0.15) is 0 Å². The van der Waals surface area contributed by atoms with Crippen LogP contribution in [0.4, 0.5) is 0 Å². The quantitative estimate of drug-likeness (QED) is 0.472. The molecule has 0 N–H and O–H groups in total. The molecule has 1 aromatic carbocycles. The summed E-state index contributed by atoms with van der Waals surface area (Å²) in [7, 11) is 0. The molecule has 0 radical (unpaired) electrons. The smallest absolute Gasteiger partial charge is 0.176 e. The van der Waals surface area contributed by atoms with Crippen LogP contribution in [0.1, 0.15) is 33.2 Å². The van der Waals surface area contributed by atoms with Crippen LogP contribution in [0.5, 0.6) is 0 Å². The third kappa shape index (κ3) is 2.29. The SMILES string of the molecule is Cc1ccc(C(=O)C(C)Br)c(C=O)c1. The number of aldehydes is 1. The first-order valence-corrected chi connectivity index (χ1v) is 5.22. The van der Waals surface area contributed by atoms with Crippen molar-refractivity contribution >= 4 is 28.0 Å². The summed E-state index contributed by atoms with van der Waals surface area (Å²) in [6.07, 6.45) is 0.718. The molecule has 14 heavy (non-hydrogen) atoms. The van der Waals surface area contributed by atoms with Crippen molar-refractivity contribution in [1.82, 2.24) is 0 Å². The molecule has 2 nitrogen and oxygen atoms in total. The first-order chi connectivity index (χ1) is 6.56. The van der Waals surface area contributed by atoms with Gasteiger partial charge < -0.3 is 0 Å². The zero-order valence-corrected chi connectivity index (χ0v) is 9.67. The molecule has 0 aliphatic heterocycles. The Hall–Kier alpha value is -0.960. The van der Waals surface area contributed by atoms with Crippen molar-refractivity contribution in [3.63, 3.8) is 0 Å². The molecule has 1 rings (SSSR count). The molecule has 0 aromatic heterocycles. The molecule has 74 valence electrons. The second-order valence-electron chi connectivity index (χ2n) is 3.19. The number of alkyl halides is 1. The van der Waals surface area contributed by atoms with Crippen LogP contribution in [0.2, 0.25) is 0 Å². The predicted molar refractivity (Wildman–Crippen MR) is 59.3 cm³/mol. The van der Waals surface area contributed by atoms with E-state index in [2.05, 4.69) is 15.9 Å². The molecule has 0 bridgehead atoms. The van der Waals surface area contributed by atoms with Gasteiger partial charge in [0.15, 0.2) is 12.1 Å². The molecule has 1 aromatic rings. The first kappa shape index (κ1) is 11.1. The van der Waals surface area contributed by atoms with Gasteiger partial charge in [-0.3, -0.25) is 9.59 Å². The first-order valence-electron chi connectivity index (χ1n) is 4.30. The van der Waals surface area contributed by atoms with Gasteiger partial charge in [0.2, 0.25) is 0 Å². The predicted octanol–water partition coefficient (Wildman–Crippen LogP) is 2.77. The summed E-state index contributed by atoms with van der Waals surface area (Å²) in [6, 6.07) is 5.24. The molecule has 0 aliphatic carbocycles. The van der Waals surface area contributed by atoms with Crippen molar-refractivity contribution in [3.05, 3.63) is 34.9 Å². The number of halogens is 1. The Morgan fingerprint density at radius 2 is 2.14 bits per heavy atom. The highest BCUT2D eigenvalue weighted by molar-refractivity contribution is 9.10. The van der Waals surface area contributed by atoms with E-state index in [1.807, 2.05) is 13.0 Å². The lowest BCUT2D eigenvalue weighted by Crippen LogP contribution is -2.12. The molecular formula is C11H11BrO2. The van der Waals surface area contributed by atoms with E-state index in [0.717, 1.165) is 11.8 Å². The number of hydrogen-bond acceptors (Lipinski definition) is 2. The third-order valence-corrected chi connectivity index (χ3v) is 2.38. The molecule has 0 saturated carbocycles. The number of carbonyl (C=O) groups excluding carboxylic acids is 2. The van der Waals surface area contributed by atoms with Gasteiger partial charge in [0, 0.05) is 11.1 Å². The number of ketones is 1. The van der Waals surface area contributed by atoms with E-state index in [-0.39, 0.29) is 10.6 Å². The molecule has 3 heteroatoms. The summed E-state index contributed by atoms with van der Waals surface area (Å²) in [5.74, 6) is -0.0629. The Labute approximate surface area is 91.4 Å². The van der Waals surface area contributed by atoms with Crippen LogP contribution < -0.4 is 0 Å². The minimum atomic E-state index is -0.260. The summed E-state index contributed by atoms with van der Waals surface area (Å²) < 4.78 is 0. The molecule has 0 spiro atoms. The van der Waals surface area contributed by atoms with Crippen LogP contribution in [0.15, 0.2) is 18.2 Å². The van der Waals surface area contributed by atoms with Crippen LogP contribution in [0, 0.1) is 6.92 Å². The zero-order chi connectivity index (χ0) is 10.7. The topological polar surface area (TPSA) is 34.1 Å². The van der Waals surface area contributed by atoms with Gasteiger partial charge in [-0.1, -0.05) is 33.6 Å². The van der Waals surface area contributed by atoms with E-state index < -0.39 is 0 Å². The van der Waals surface area contributed by atoms with Crippen LogP contribution in [-0.4, -0.2) is 16.9 Å². The van der Waals surface area contributed by atoms with Crippen molar-refractivity contribution in [2.45, 2.75) is 18.7 Å². The second kappa shape index (κ2) is 4.51. The van der Waals surface area contributed by atoms with Gasteiger partial charge >= 0.3 is 0 Å². The van der Waals surface area contributed by atoms with E-state index in [4.69, 9.17) is 0 Å². The number of Topliss-reactive ketones (excluding diaryl/α,β-unsaturated/α-hetero) is 1. The second-order valence-corrected chi connectivity index (χ2v) is 4.56. The van der Waals surface area contributed by atoms with Crippen LogP contribution in [0.25, 0.3) is 0 Å². The van der Waals surface area contributed by atoms with E-state index in [9.17, 15) is 9.59 Å². The van der Waals surface area contributed by atoms with Gasteiger partial charge in [-0.15, -0.1) is 0 Å². The average Bonchev–Trinajstić information content (AvgIpc) is 2.16. The fourth-order valence-electron chi connectivity index (χ4n) is 1.22. The monoisotopic (exact) mass is 254 g/mol. The van der Waals surface area contributed by atoms with Gasteiger partial charge in [0.25, 0.3) is 0 Å². The van der Waals surface area contributed by atoms with Gasteiger partial charge in [0.1, 0.15) is 0 Å². The maximum Gasteiger partial charge on any atom is 0.176 e.